The minimum absolute atomic E-state index is 0.00285. The third kappa shape index (κ3) is 6.19. The van der Waals surface area contributed by atoms with Crippen LogP contribution in [0.2, 0.25) is 0 Å². The van der Waals surface area contributed by atoms with E-state index in [1.807, 2.05) is 45.0 Å². The van der Waals surface area contributed by atoms with Crippen molar-refractivity contribution in [2.24, 2.45) is 5.41 Å². The van der Waals surface area contributed by atoms with Crippen LogP contribution in [0.15, 0.2) is 29.6 Å². The van der Waals surface area contributed by atoms with E-state index in [4.69, 9.17) is 9.47 Å². The molecular formula is C23H31N3O4S. The lowest BCUT2D eigenvalue weighted by molar-refractivity contribution is -0.129. The van der Waals surface area contributed by atoms with Gasteiger partial charge in [-0.3, -0.25) is 9.59 Å². The first-order valence-electron chi connectivity index (χ1n) is 10.6. The van der Waals surface area contributed by atoms with Crippen molar-refractivity contribution in [3.8, 4) is 11.5 Å². The third-order valence-corrected chi connectivity index (χ3v) is 6.11. The number of para-hydroxylation sites is 2. The standard InChI is InChI=1S/C23H31N3O4S/c1-23(2,3)22(28)26-16-10-6-5-9-15(16)25-21(27)17-14-31-20(24-17)13-30-19-12-8-7-11-18(19)29-4/h7-8,11-12,14-16H,5-6,9-10,13H2,1-4H3,(H,25,27)(H,26,28)/t15-,16-/m0/s1. The van der Waals surface area contributed by atoms with E-state index < -0.39 is 5.41 Å². The minimum atomic E-state index is -0.461. The molecule has 0 aliphatic heterocycles. The van der Waals surface area contributed by atoms with Crippen LogP contribution in [0.4, 0.5) is 0 Å². The Morgan fingerprint density at radius 1 is 1.10 bits per heavy atom. The highest BCUT2D eigenvalue weighted by molar-refractivity contribution is 7.09. The van der Waals surface area contributed by atoms with Crippen LogP contribution in [0.25, 0.3) is 0 Å². The molecule has 7 nitrogen and oxygen atoms in total. The molecule has 2 N–H and O–H groups in total. The van der Waals surface area contributed by atoms with E-state index in [1.165, 1.54) is 11.3 Å². The molecule has 8 heteroatoms. The fraction of sp³-hybridized carbons (Fsp3) is 0.522. The highest BCUT2D eigenvalue weighted by Gasteiger charge is 2.31. The van der Waals surface area contributed by atoms with Crippen molar-refractivity contribution in [3.05, 3.63) is 40.3 Å². The second kappa shape index (κ2) is 10.1. The Balaban J connectivity index is 1.58. The minimum Gasteiger partial charge on any atom is -0.493 e. The molecule has 1 heterocycles. The van der Waals surface area contributed by atoms with Gasteiger partial charge < -0.3 is 20.1 Å². The quantitative estimate of drug-likeness (QED) is 0.674. The Bertz CT molecular complexity index is 906. The largest absolute Gasteiger partial charge is 0.493 e. The fourth-order valence-electron chi connectivity index (χ4n) is 3.46. The summed E-state index contributed by atoms with van der Waals surface area (Å²) in [4.78, 5) is 29.6. The third-order valence-electron chi connectivity index (χ3n) is 5.28. The lowest BCUT2D eigenvalue weighted by Gasteiger charge is -2.34. The average molecular weight is 446 g/mol. The highest BCUT2D eigenvalue weighted by atomic mass is 32.1. The van der Waals surface area contributed by atoms with Crippen molar-refractivity contribution >= 4 is 23.2 Å². The number of nitrogens with one attached hydrogen (secondary N) is 2. The van der Waals surface area contributed by atoms with Gasteiger partial charge in [-0.15, -0.1) is 11.3 Å². The van der Waals surface area contributed by atoms with Gasteiger partial charge in [0.05, 0.1) is 7.11 Å². The number of thiazole rings is 1. The summed E-state index contributed by atoms with van der Waals surface area (Å²) in [7, 11) is 1.59. The van der Waals surface area contributed by atoms with E-state index in [0.717, 1.165) is 25.7 Å². The fourth-order valence-corrected chi connectivity index (χ4v) is 4.15. The van der Waals surface area contributed by atoms with Gasteiger partial charge in [-0.25, -0.2) is 4.98 Å². The molecule has 2 atom stereocenters. The zero-order chi connectivity index (χ0) is 22.4. The van der Waals surface area contributed by atoms with Gasteiger partial charge in [-0.1, -0.05) is 45.7 Å². The van der Waals surface area contributed by atoms with E-state index in [9.17, 15) is 9.59 Å². The second-order valence-electron chi connectivity index (χ2n) is 8.76. The van der Waals surface area contributed by atoms with Crippen molar-refractivity contribution in [3.63, 3.8) is 0 Å². The van der Waals surface area contributed by atoms with E-state index in [0.29, 0.717) is 22.2 Å². The summed E-state index contributed by atoms with van der Waals surface area (Å²) in [5, 5.41) is 8.64. The molecular weight excluding hydrogens is 414 g/mol. The topological polar surface area (TPSA) is 89.6 Å². The first kappa shape index (κ1) is 23.1. The van der Waals surface area contributed by atoms with E-state index >= 15 is 0 Å². The number of hydrogen-bond donors (Lipinski definition) is 2. The Kier molecular flexibility index (Phi) is 7.54. The molecule has 1 aliphatic rings. The number of aromatic nitrogens is 1. The maximum atomic E-state index is 12.8. The van der Waals surface area contributed by atoms with Crippen LogP contribution >= 0.6 is 11.3 Å². The number of rotatable bonds is 7. The van der Waals surface area contributed by atoms with Crippen LogP contribution < -0.4 is 20.1 Å². The van der Waals surface area contributed by atoms with Gasteiger partial charge in [-0.2, -0.15) is 0 Å². The van der Waals surface area contributed by atoms with Crippen LogP contribution in [-0.4, -0.2) is 36.0 Å². The number of carbonyl (C=O) groups excluding carboxylic acids is 2. The van der Waals surface area contributed by atoms with Crippen molar-refractivity contribution in [2.45, 2.75) is 65.1 Å². The lowest BCUT2D eigenvalue weighted by Crippen LogP contribution is -2.55. The number of ether oxygens (including phenoxy) is 2. The predicted octanol–water partition coefficient (Wildman–Crippen LogP) is 3.93. The number of amides is 2. The maximum absolute atomic E-state index is 12.8. The number of methoxy groups -OCH3 is 1. The molecule has 3 rings (SSSR count). The number of nitrogens with zero attached hydrogens (tertiary/aromatic N) is 1. The summed E-state index contributed by atoms with van der Waals surface area (Å²) < 4.78 is 11.1. The maximum Gasteiger partial charge on any atom is 0.271 e. The normalized spacial score (nSPS) is 18.8. The number of hydrogen-bond acceptors (Lipinski definition) is 6. The van der Waals surface area contributed by atoms with Gasteiger partial charge in [0.1, 0.15) is 17.3 Å². The molecule has 31 heavy (non-hydrogen) atoms. The summed E-state index contributed by atoms with van der Waals surface area (Å²) in [5.74, 6) is 1.06. The molecule has 0 spiro atoms. The first-order valence-corrected chi connectivity index (χ1v) is 11.5. The Hall–Kier alpha value is -2.61. The first-order chi connectivity index (χ1) is 14.8. The van der Waals surface area contributed by atoms with E-state index in [1.54, 1.807) is 12.5 Å². The molecule has 0 radical (unpaired) electrons. The smallest absolute Gasteiger partial charge is 0.271 e. The molecule has 168 valence electrons. The van der Waals surface area contributed by atoms with Crippen molar-refractivity contribution in [1.82, 2.24) is 15.6 Å². The van der Waals surface area contributed by atoms with Crippen LogP contribution in [-0.2, 0) is 11.4 Å². The number of benzene rings is 1. The zero-order valence-electron chi connectivity index (χ0n) is 18.6. The molecule has 0 bridgehead atoms. The second-order valence-corrected chi connectivity index (χ2v) is 9.70. The Morgan fingerprint density at radius 3 is 2.39 bits per heavy atom. The van der Waals surface area contributed by atoms with Gasteiger partial charge in [0.2, 0.25) is 5.91 Å². The highest BCUT2D eigenvalue weighted by Crippen LogP contribution is 2.27. The summed E-state index contributed by atoms with van der Waals surface area (Å²) >= 11 is 1.38. The van der Waals surface area contributed by atoms with Crippen molar-refractivity contribution in [1.29, 1.82) is 0 Å². The van der Waals surface area contributed by atoms with Gasteiger partial charge in [0.15, 0.2) is 11.5 Å². The van der Waals surface area contributed by atoms with Crippen molar-refractivity contribution < 1.29 is 19.1 Å². The lowest BCUT2D eigenvalue weighted by atomic mass is 9.88. The summed E-state index contributed by atoms with van der Waals surface area (Å²) in [6.07, 6.45) is 3.78. The van der Waals surface area contributed by atoms with E-state index in [2.05, 4.69) is 15.6 Å². The van der Waals surface area contributed by atoms with Crippen LogP contribution in [0.5, 0.6) is 11.5 Å². The van der Waals surface area contributed by atoms with Gasteiger partial charge in [0.25, 0.3) is 5.91 Å². The average Bonchev–Trinajstić information content (AvgIpc) is 3.22. The molecule has 0 saturated heterocycles. The summed E-state index contributed by atoms with van der Waals surface area (Å²) in [5.41, 5.74) is -0.0906. The Morgan fingerprint density at radius 2 is 1.74 bits per heavy atom. The zero-order valence-corrected chi connectivity index (χ0v) is 19.4. The molecule has 2 aromatic rings. The molecule has 0 unspecified atom stereocenters. The molecule has 1 fully saturated rings. The van der Waals surface area contributed by atoms with Crippen LogP contribution in [0.1, 0.15) is 62.0 Å². The number of carbonyl (C=O) groups is 2. The predicted molar refractivity (Wildman–Crippen MR) is 121 cm³/mol. The summed E-state index contributed by atoms with van der Waals surface area (Å²) in [6.45, 7) is 5.93. The molecule has 1 aromatic heterocycles. The molecule has 1 aromatic carbocycles. The van der Waals surface area contributed by atoms with Gasteiger partial charge >= 0.3 is 0 Å². The van der Waals surface area contributed by atoms with Crippen molar-refractivity contribution in [2.75, 3.05) is 7.11 Å². The molecule has 1 aliphatic carbocycles. The SMILES string of the molecule is COc1ccccc1OCc1nc(C(=O)N[C@H]2CCCC[C@@H]2NC(=O)C(C)(C)C)cs1. The monoisotopic (exact) mass is 445 g/mol. The summed E-state index contributed by atoms with van der Waals surface area (Å²) in [6, 6.07) is 7.25. The molecule has 1 saturated carbocycles. The van der Waals surface area contributed by atoms with Crippen LogP contribution in [0.3, 0.4) is 0 Å². The molecule has 2 amide bonds. The van der Waals surface area contributed by atoms with Gasteiger partial charge in [0, 0.05) is 22.9 Å². The van der Waals surface area contributed by atoms with Gasteiger partial charge in [-0.05, 0) is 25.0 Å². The Labute approximate surface area is 187 Å². The van der Waals surface area contributed by atoms with E-state index in [-0.39, 0.29) is 30.5 Å². The van der Waals surface area contributed by atoms with Crippen LogP contribution in [0, 0.1) is 5.41 Å².